The lowest BCUT2D eigenvalue weighted by molar-refractivity contribution is 0.647. The second-order valence-corrected chi connectivity index (χ2v) is 11.0. The van der Waals surface area contributed by atoms with Crippen LogP contribution in [0.3, 0.4) is 0 Å². The van der Waals surface area contributed by atoms with Crippen molar-refractivity contribution in [2.75, 3.05) is 28.2 Å². The molecule has 0 amide bonds. The third-order valence-electron chi connectivity index (χ3n) is 2.13. The van der Waals surface area contributed by atoms with Crippen LogP contribution in [-0.2, 0) is 0 Å². The van der Waals surface area contributed by atoms with Gasteiger partial charge in [0, 0.05) is 14.1 Å². The number of hydrogen-bond donors (Lipinski definition) is 0. The Labute approximate surface area is 129 Å². The third kappa shape index (κ3) is 6.28. The maximum absolute atomic E-state index is 5.34. The minimum absolute atomic E-state index is 0.281. The molecular weight excluding hydrogens is 300 g/mol. The van der Waals surface area contributed by atoms with Gasteiger partial charge in [-0.3, -0.25) is 4.90 Å². The maximum atomic E-state index is 5.34. The van der Waals surface area contributed by atoms with Crippen molar-refractivity contribution in [3.05, 3.63) is 0 Å². The second kappa shape index (κ2) is 8.84. The van der Waals surface area contributed by atoms with Gasteiger partial charge in [0.05, 0.1) is 4.32 Å². The van der Waals surface area contributed by atoms with Crippen LogP contribution in [0.5, 0.6) is 0 Å². The summed E-state index contributed by atoms with van der Waals surface area (Å²) in [7, 11) is 12.0. The Balaban J connectivity index is 5.05. The summed E-state index contributed by atoms with van der Waals surface area (Å²) in [6.07, 6.45) is 0. The van der Waals surface area contributed by atoms with Crippen molar-refractivity contribution in [1.29, 1.82) is 0 Å². The predicted octanol–water partition coefficient (Wildman–Crippen LogP) is 3.95. The third-order valence-corrected chi connectivity index (χ3v) is 9.30. The molecule has 0 bridgehead atoms. The van der Waals surface area contributed by atoms with Crippen LogP contribution in [0.2, 0.25) is 0 Å². The fraction of sp³-hybridized carbons (Fsp3) is 0.833. The van der Waals surface area contributed by atoms with Gasteiger partial charge < -0.3 is 4.90 Å². The van der Waals surface area contributed by atoms with Crippen LogP contribution in [0.15, 0.2) is 0 Å². The van der Waals surface area contributed by atoms with Crippen LogP contribution in [0.1, 0.15) is 27.7 Å². The molecule has 0 aromatic carbocycles. The summed E-state index contributed by atoms with van der Waals surface area (Å²) in [5.41, 5.74) is 0. The number of hydrogen-bond acceptors (Lipinski definition) is 3. The summed E-state index contributed by atoms with van der Waals surface area (Å²) < 4.78 is 2.37. The van der Waals surface area contributed by atoms with E-state index in [0.29, 0.717) is 10.5 Å². The van der Waals surface area contributed by atoms with E-state index in [9.17, 15) is 0 Å². The van der Waals surface area contributed by atoms with E-state index in [0.717, 1.165) is 4.32 Å². The van der Waals surface area contributed by atoms with Crippen LogP contribution < -0.4 is 0 Å². The van der Waals surface area contributed by atoms with Gasteiger partial charge in [0.25, 0.3) is 0 Å². The Morgan fingerprint density at radius 2 is 1.33 bits per heavy atom. The normalized spacial score (nSPS) is 11.8. The molecule has 0 atom stereocenters. The topological polar surface area (TPSA) is 6.48 Å². The summed E-state index contributed by atoms with van der Waals surface area (Å²) in [5, 5.41) is 1.34. The molecule has 0 heterocycles. The van der Waals surface area contributed by atoms with Gasteiger partial charge in [-0.25, -0.2) is 0 Å². The highest BCUT2D eigenvalue weighted by Gasteiger charge is 2.17. The van der Waals surface area contributed by atoms with E-state index in [1.165, 1.54) is 4.32 Å². The highest BCUT2D eigenvalue weighted by molar-refractivity contribution is 8.90. The predicted molar refractivity (Wildman–Crippen MR) is 98.0 cm³/mol. The molecule has 0 aliphatic rings. The Bertz CT molecular complexity index is 299. The lowest BCUT2D eigenvalue weighted by Crippen LogP contribution is -2.23. The Kier molecular flexibility index (Phi) is 9.22. The van der Waals surface area contributed by atoms with Crippen LogP contribution >= 0.6 is 44.3 Å². The SMILES string of the molecule is CC(C)S(=C(SSC(=S)N(C)C)N(C)C)C(C)C. The largest absolute Gasteiger partial charge is 0.363 e. The first-order chi connectivity index (χ1) is 8.18. The molecule has 0 aliphatic carbocycles. The molecular formula is C12H26N2S4. The van der Waals surface area contributed by atoms with Gasteiger partial charge in [-0.2, -0.15) is 10.5 Å². The fourth-order valence-corrected chi connectivity index (χ4v) is 8.29. The Hall–Kier alpha value is 0.770. The van der Waals surface area contributed by atoms with Gasteiger partial charge in [-0.1, -0.05) is 39.9 Å². The summed E-state index contributed by atoms with van der Waals surface area (Å²) in [6, 6.07) is 0. The minimum atomic E-state index is 0.281. The van der Waals surface area contributed by atoms with Gasteiger partial charge in [0.1, 0.15) is 4.32 Å². The lowest BCUT2D eigenvalue weighted by Gasteiger charge is -2.26. The maximum Gasteiger partial charge on any atom is 0.146 e. The highest BCUT2D eigenvalue weighted by Crippen LogP contribution is 2.37. The fourth-order valence-electron chi connectivity index (χ4n) is 1.42. The van der Waals surface area contributed by atoms with Gasteiger partial charge in [0.15, 0.2) is 0 Å². The van der Waals surface area contributed by atoms with Crippen molar-refractivity contribution in [2.45, 2.75) is 38.2 Å². The van der Waals surface area contributed by atoms with Crippen LogP contribution in [0, 0.1) is 0 Å². The molecule has 18 heavy (non-hydrogen) atoms. The first kappa shape index (κ1) is 18.8. The first-order valence-electron chi connectivity index (χ1n) is 6.00. The molecule has 0 aliphatic heterocycles. The van der Waals surface area contributed by atoms with E-state index in [-0.39, 0.29) is 10.5 Å². The molecule has 6 heteroatoms. The van der Waals surface area contributed by atoms with Crippen molar-refractivity contribution in [3.8, 4) is 0 Å². The molecule has 0 aromatic rings. The zero-order chi connectivity index (χ0) is 14.5. The number of rotatable bonds is 2. The van der Waals surface area contributed by atoms with Gasteiger partial charge in [0.2, 0.25) is 0 Å². The molecule has 108 valence electrons. The van der Waals surface area contributed by atoms with E-state index >= 15 is 0 Å². The van der Waals surface area contributed by atoms with Crippen molar-refractivity contribution < 1.29 is 0 Å². The molecule has 0 radical (unpaired) electrons. The smallest absolute Gasteiger partial charge is 0.146 e. The standard InChI is InChI=1S/C12H26N2S4/c1-9(2)18(10(3)4)12(14(7)8)17-16-11(15)13(5)6/h9-10H,1-8H3. The molecule has 0 spiro atoms. The zero-order valence-electron chi connectivity index (χ0n) is 12.7. The summed E-state index contributed by atoms with van der Waals surface area (Å²) in [4.78, 5) is 4.24. The summed E-state index contributed by atoms with van der Waals surface area (Å²) >= 11 is 5.34. The summed E-state index contributed by atoms with van der Waals surface area (Å²) in [6.45, 7) is 9.23. The first-order valence-corrected chi connectivity index (χ1v) is 9.91. The van der Waals surface area contributed by atoms with E-state index in [1.807, 2.05) is 29.8 Å². The van der Waals surface area contributed by atoms with E-state index in [1.54, 1.807) is 10.8 Å². The average Bonchev–Trinajstić information content (AvgIpc) is 2.21. The monoisotopic (exact) mass is 326 g/mol. The van der Waals surface area contributed by atoms with E-state index in [4.69, 9.17) is 12.2 Å². The van der Waals surface area contributed by atoms with Crippen molar-refractivity contribution in [3.63, 3.8) is 0 Å². The lowest BCUT2D eigenvalue weighted by atomic mass is 10.5. The number of thiocarbonyl (C=S) groups is 1. The molecule has 0 fully saturated rings. The molecule has 0 saturated heterocycles. The summed E-state index contributed by atoms with van der Waals surface area (Å²) in [5.74, 6) is 0. The molecule has 0 unspecified atom stereocenters. The van der Waals surface area contributed by atoms with Gasteiger partial charge in [-0.05, 0) is 46.2 Å². The van der Waals surface area contributed by atoms with Crippen LogP contribution in [0.25, 0.3) is 0 Å². The van der Waals surface area contributed by atoms with Crippen LogP contribution in [-0.4, -0.2) is 57.1 Å². The average molecular weight is 327 g/mol. The Morgan fingerprint density at radius 3 is 1.61 bits per heavy atom. The van der Waals surface area contributed by atoms with E-state index < -0.39 is 0 Å². The minimum Gasteiger partial charge on any atom is -0.363 e. The molecule has 2 nitrogen and oxygen atoms in total. The molecule has 0 rings (SSSR count). The quantitative estimate of drug-likeness (QED) is 0.558. The molecule has 0 N–H and O–H groups in total. The van der Waals surface area contributed by atoms with Crippen molar-refractivity contribution in [2.24, 2.45) is 0 Å². The van der Waals surface area contributed by atoms with Crippen LogP contribution in [0.4, 0.5) is 0 Å². The van der Waals surface area contributed by atoms with E-state index in [2.05, 4.69) is 46.7 Å². The zero-order valence-corrected chi connectivity index (χ0v) is 15.9. The molecule has 0 saturated carbocycles. The number of nitrogens with zero attached hydrogens (tertiary/aromatic N) is 2. The van der Waals surface area contributed by atoms with Crippen molar-refractivity contribution in [1.82, 2.24) is 9.80 Å². The second-order valence-electron chi connectivity index (χ2n) is 4.96. The van der Waals surface area contributed by atoms with Gasteiger partial charge >= 0.3 is 0 Å². The van der Waals surface area contributed by atoms with Gasteiger partial charge in [-0.15, -0.1) is 0 Å². The van der Waals surface area contributed by atoms with Crippen molar-refractivity contribution >= 4 is 52.9 Å². The molecule has 0 aromatic heterocycles. The Morgan fingerprint density at radius 1 is 0.889 bits per heavy atom. The highest BCUT2D eigenvalue weighted by atomic mass is 33.1.